The number of amides is 2. The topological polar surface area (TPSA) is 85.2 Å². The van der Waals surface area contributed by atoms with Crippen LogP contribution in [0, 0.1) is 17.1 Å². The monoisotopic (exact) mass is 313 g/mol. The predicted octanol–water partition coefficient (Wildman–Crippen LogP) is 2.23. The SMILES string of the molecule is N#Cc1ccc(F)c(CNC(=O)N[C@H](CO)c2ccccc2)c1. The molecule has 6 heteroatoms. The van der Waals surface area contributed by atoms with E-state index in [1.54, 1.807) is 24.3 Å². The molecule has 118 valence electrons. The third kappa shape index (κ3) is 4.53. The molecule has 0 aromatic heterocycles. The van der Waals surface area contributed by atoms with Crippen LogP contribution in [-0.4, -0.2) is 17.7 Å². The van der Waals surface area contributed by atoms with Gasteiger partial charge in [0.05, 0.1) is 24.3 Å². The predicted molar refractivity (Wildman–Crippen MR) is 82.8 cm³/mol. The number of halogens is 1. The minimum Gasteiger partial charge on any atom is -0.394 e. The van der Waals surface area contributed by atoms with Gasteiger partial charge in [-0.15, -0.1) is 0 Å². The highest BCUT2D eigenvalue weighted by Crippen LogP contribution is 2.12. The highest BCUT2D eigenvalue weighted by molar-refractivity contribution is 5.74. The summed E-state index contributed by atoms with van der Waals surface area (Å²) in [6.07, 6.45) is 0. The maximum absolute atomic E-state index is 13.6. The van der Waals surface area contributed by atoms with Crippen molar-refractivity contribution in [3.05, 3.63) is 71.0 Å². The number of aliphatic hydroxyl groups excluding tert-OH is 1. The van der Waals surface area contributed by atoms with Crippen molar-refractivity contribution in [2.75, 3.05) is 6.61 Å². The average Bonchev–Trinajstić information content (AvgIpc) is 2.59. The normalized spacial score (nSPS) is 11.3. The Balaban J connectivity index is 1.96. The number of urea groups is 1. The maximum Gasteiger partial charge on any atom is 0.315 e. The minimum absolute atomic E-state index is 0.0554. The van der Waals surface area contributed by atoms with Crippen LogP contribution in [0.15, 0.2) is 48.5 Å². The number of nitrogens with one attached hydrogen (secondary N) is 2. The van der Waals surface area contributed by atoms with Gasteiger partial charge in [0.25, 0.3) is 0 Å². The van der Waals surface area contributed by atoms with Crippen LogP contribution in [0.3, 0.4) is 0 Å². The minimum atomic E-state index is -0.550. The molecular formula is C17H16FN3O2. The number of carbonyl (C=O) groups is 1. The Morgan fingerprint density at radius 2 is 2.00 bits per heavy atom. The molecular weight excluding hydrogens is 297 g/mol. The third-order valence-electron chi connectivity index (χ3n) is 3.30. The Morgan fingerprint density at radius 1 is 1.26 bits per heavy atom. The first kappa shape index (κ1) is 16.5. The average molecular weight is 313 g/mol. The van der Waals surface area contributed by atoms with Crippen LogP contribution >= 0.6 is 0 Å². The van der Waals surface area contributed by atoms with E-state index >= 15 is 0 Å². The molecule has 0 radical (unpaired) electrons. The summed E-state index contributed by atoms with van der Waals surface area (Å²) in [6, 6.07) is 13.8. The maximum atomic E-state index is 13.6. The summed E-state index contributed by atoms with van der Waals surface area (Å²) in [4.78, 5) is 11.9. The second kappa shape index (κ2) is 7.92. The summed E-state index contributed by atoms with van der Waals surface area (Å²) < 4.78 is 13.6. The van der Waals surface area contributed by atoms with Crippen LogP contribution in [-0.2, 0) is 6.54 Å². The van der Waals surface area contributed by atoms with E-state index in [4.69, 9.17) is 5.26 Å². The first-order valence-electron chi connectivity index (χ1n) is 7.02. The highest BCUT2D eigenvalue weighted by atomic mass is 19.1. The number of nitrogens with zero attached hydrogens (tertiary/aromatic N) is 1. The number of benzene rings is 2. The van der Waals surface area contributed by atoms with Crippen molar-refractivity contribution in [3.63, 3.8) is 0 Å². The lowest BCUT2D eigenvalue weighted by atomic mass is 10.1. The Kier molecular flexibility index (Phi) is 5.67. The second-order valence-corrected chi connectivity index (χ2v) is 4.89. The molecule has 2 amide bonds. The van der Waals surface area contributed by atoms with Crippen molar-refractivity contribution in [3.8, 4) is 6.07 Å². The van der Waals surface area contributed by atoms with Gasteiger partial charge in [0.15, 0.2) is 0 Å². The summed E-state index contributed by atoms with van der Waals surface area (Å²) in [6.45, 7) is -0.310. The zero-order valence-electron chi connectivity index (χ0n) is 12.3. The van der Waals surface area contributed by atoms with Gasteiger partial charge in [-0.05, 0) is 23.8 Å². The van der Waals surface area contributed by atoms with E-state index in [1.807, 2.05) is 12.1 Å². The summed E-state index contributed by atoms with van der Waals surface area (Å²) in [7, 11) is 0. The lowest BCUT2D eigenvalue weighted by Crippen LogP contribution is -2.39. The summed E-state index contributed by atoms with van der Waals surface area (Å²) >= 11 is 0. The van der Waals surface area contributed by atoms with E-state index in [1.165, 1.54) is 18.2 Å². The van der Waals surface area contributed by atoms with Gasteiger partial charge < -0.3 is 15.7 Å². The number of aliphatic hydroxyl groups is 1. The smallest absolute Gasteiger partial charge is 0.315 e. The lowest BCUT2D eigenvalue weighted by Gasteiger charge is -2.17. The molecule has 5 nitrogen and oxygen atoms in total. The van der Waals surface area contributed by atoms with Gasteiger partial charge in [-0.25, -0.2) is 9.18 Å². The number of carbonyl (C=O) groups excluding carboxylic acids is 1. The second-order valence-electron chi connectivity index (χ2n) is 4.89. The van der Waals surface area contributed by atoms with Crippen molar-refractivity contribution in [1.29, 1.82) is 5.26 Å². The molecule has 0 spiro atoms. The fraction of sp³-hybridized carbons (Fsp3) is 0.176. The van der Waals surface area contributed by atoms with Crippen LogP contribution in [0.2, 0.25) is 0 Å². The Morgan fingerprint density at radius 3 is 2.65 bits per heavy atom. The van der Waals surface area contributed by atoms with E-state index in [-0.39, 0.29) is 18.7 Å². The molecule has 0 aliphatic carbocycles. The van der Waals surface area contributed by atoms with E-state index in [0.717, 1.165) is 5.56 Å². The standard InChI is InChI=1S/C17H16FN3O2/c18-15-7-6-12(9-19)8-14(15)10-20-17(23)21-16(11-22)13-4-2-1-3-5-13/h1-8,16,22H,10-11H2,(H2,20,21,23)/t16-/m1/s1. The molecule has 0 unspecified atom stereocenters. The quantitative estimate of drug-likeness (QED) is 0.791. The van der Waals surface area contributed by atoms with Crippen molar-refractivity contribution in [2.45, 2.75) is 12.6 Å². The van der Waals surface area contributed by atoms with E-state index in [2.05, 4.69) is 10.6 Å². The van der Waals surface area contributed by atoms with Crippen molar-refractivity contribution in [2.24, 2.45) is 0 Å². The fourth-order valence-electron chi connectivity index (χ4n) is 2.08. The molecule has 3 N–H and O–H groups in total. The molecule has 0 aliphatic heterocycles. The highest BCUT2D eigenvalue weighted by Gasteiger charge is 2.13. The molecule has 0 saturated carbocycles. The summed E-state index contributed by atoms with van der Waals surface area (Å²) in [5.41, 5.74) is 1.31. The molecule has 2 rings (SSSR count). The Hall–Kier alpha value is -2.91. The fourth-order valence-corrected chi connectivity index (χ4v) is 2.08. The van der Waals surface area contributed by atoms with Crippen LogP contribution in [0.5, 0.6) is 0 Å². The van der Waals surface area contributed by atoms with Gasteiger partial charge in [-0.3, -0.25) is 0 Å². The van der Waals surface area contributed by atoms with Gasteiger partial charge >= 0.3 is 6.03 Å². The van der Waals surface area contributed by atoms with Crippen molar-refractivity contribution in [1.82, 2.24) is 10.6 Å². The van der Waals surface area contributed by atoms with E-state index in [9.17, 15) is 14.3 Å². The lowest BCUT2D eigenvalue weighted by molar-refractivity contribution is 0.216. The van der Waals surface area contributed by atoms with Crippen molar-refractivity contribution >= 4 is 6.03 Å². The largest absolute Gasteiger partial charge is 0.394 e. The van der Waals surface area contributed by atoms with Crippen LogP contribution in [0.4, 0.5) is 9.18 Å². The van der Waals surface area contributed by atoms with Gasteiger partial charge in [0.2, 0.25) is 0 Å². The summed E-state index contributed by atoms with van der Waals surface area (Å²) in [5, 5.41) is 23.3. The van der Waals surface area contributed by atoms with E-state index in [0.29, 0.717) is 5.56 Å². The summed E-state index contributed by atoms with van der Waals surface area (Å²) in [5.74, 6) is -0.494. The van der Waals surface area contributed by atoms with Crippen LogP contribution in [0.25, 0.3) is 0 Å². The van der Waals surface area contributed by atoms with Crippen LogP contribution in [0.1, 0.15) is 22.7 Å². The molecule has 0 fully saturated rings. The molecule has 2 aromatic carbocycles. The first-order chi connectivity index (χ1) is 11.1. The van der Waals surface area contributed by atoms with Gasteiger partial charge in [-0.2, -0.15) is 5.26 Å². The molecule has 23 heavy (non-hydrogen) atoms. The van der Waals surface area contributed by atoms with Gasteiger partial charge in [-0.1, -0.05) is 30.3 Å². The number of hydrogen-bond acceptors (Lipinski definition) is 3. The Labute approximate surface area is 133 Å². The molecule has 0 bridgehead atoms. The molecule has 0 heterocycles. The van der Waals surface area contributed by atoms with Gasteiger partial charge in [0, 0.05) is 12.1 Å². The van der Waals surface area contributed by atoms with Gasteiger partial charge in [0.1, 0.15) is 5.82 Å². The molecule has 0 saturated heterocycles. The number of hydrogen-bond donors (Lipinski definition) is 3. The molecule has 2 aromatic rings. The molecule has 0 aliphatic rings. The number of rotatable bonds is 5. The Bertz CT molecular complexity index is 714. The number of nitriles is 1. The third-order valence-corrected chi connectivity index (χ3v) is 3.30. The molecule has 1 atom stereocenters. The van der Waals surface area contributed by atoms with Crippen LogP contribution < -0.4 is 10.6 Å². The first-order valence-corrected chi connectivity index (χ1v) is 7.02. The van der Waals surface area contributed by atoms with E-state index < -0.39 is 17.9 Å². The van der Waals surface area contributed by atoms with Crippen molar-refractivity contribution < 1.29 is 14.3 Å². The zero-order valence-corrected chi connectivity index (χ0v) is 12.3. The zero-order chi connectivity index (χ0) is 16.7.